The Morgan fingerprint density at radius 2 is 1.69 bits per heavy atom. The minimum atomic E-state index is -4.34. The SMILES string of the molecule is CCCCN1CCCc2cc(N=Nc3ccc(C(F)(F)F)cc3)ccc21. The lowest BCUT2D eigenvalue weighted by molar-refractivity contribution is -0.137. The molecule has 0 amide bonds. The molecule has 0 atom stereocenters. The van der Waals surface area contributed by atoms with Gasteiger partial charge in [0.2, 0.25) is 0 Å². The maximum atomic E-state index is 12.6. The number of anilines is 1. The molecule has 0 aliphatic carbocycles. The summed E-state index contributed by atoms with van der Waals surface area (Å²) in [6, 6.07) is 10.7. The lowest BCUT2D eigenvalue weighted by atomic mass is 10.0. The highest BCUT2D eigenvalue weighted by Crippen LogP contribution is 2.33. The van der Waals surface area contributed by atoms with Crippen LogP contribution in [-0.4, -0.2) is 13.1 Å². The molecule has 3 nitrogen and oxygen atoms in total. The highest BCUT2D eigenvalue weighted by molar-refractivity contribution is 5.60. The minimum absolute atomic E-state index is 0.403. The van der Waals surface area contributed by atoms with Gasteiger partial charge in [-0.25, -0.2) is 0 Å². The molecule has 0 N–H and O–H groups in total. The van der Waals surface area contributed by atoms with Gasteiger partial charge in [-0.05, 0) is 67.3 Å². The molecule has 1 aliphatic rings. The van der Waals surface area contributed by atoms with Crippen molar-refractivity contribution in [2.45, 2.75) is 38.8 Å². The van der Waals surface area contributed by atoms with Gasteiger partial charge in [0.25, 0.3) is 0 Å². The standard InChI is InChI=1S/C20H22F3N3/c1-2-3-12-26-13-4-5-15-14-18(10-11-19(15)26)25-24-17-8-6-16(7-9-17)20(21,22)23/h6-11,14H,2-5,12-13H2,1H3. The number of nitrogens with zero attached hydrogens (tertiary/aromatic N) is 3. The zero-order valence-electron chi connectivity index (χ0n) is 14.8. The number of fused-ring (bicyclic) bond motifs is 1. The molecule has 0 saturated carbocycles. The summed E-state index contributed by atoms with van der Waals surface area (Å²) in [5.74, 6) is 0. The van der Waals surface area contributed by atoms with Crippen LogP contribution in [0.1, 0.15) is 37.3 Å². The summed E-state index contributed by atoms with van der Waals surface area (Å²) in [5.41, 5.74) is 2.97. The molecule has 1 heterocycles. The number of halogens is 3. The van der Waals surface area contributed by atoms with Gasteiger partial charge in [-0.2, -0.15) is 23.4 Å². The van der Waals surface area contributed by atoms with Crippen molar-refractivity contribution in [3.63, 3.8) is 0 Å². The molecule has 2 aromatic rings. The first-order valence-corrected chi connectivity index (χ1v) is 8.94. The zero-order chi connectivity index (χ0) is 18.6. The predicted octanol–water partition coefficient (Wildman–Crippen LogP) is 6.67. The topological polar surface area (TPSA) is 28.0 Å². The molecule has 0 unspecified atom stereocenters. The fourth-order valence-corrected chi connectivity index (χ4v) is 3.14. The van der Waals surface area contributed by atoms with E-state index in [1.54, 1.807) is 0 Å². The number of aryl methyl sites for hydroxylation is 1. The van der Waals surface area contributed by atoms with Crippen molar-refractivity contribution in [1.82, 2.24) is 0 Å². The molecular weight excluding hydrogens is 339 g/mol. The van der Waals surface area contributed by atoms with E-state index in [0.717, 1.165) is 43.8 Å². The normalized spacial score (nSPS) is 14.7. The zero-order valence-corrected chi connectivity index (χ0v) is 14.8. The van der Waals surface area contributed by atoms with E-state index in [1.165, 1.54) is 36.2 Å². The third kappa shape index (κ3) is 4.42. The number of hydrogen-bond donors (Lipinski definition) is 0. The van der Waals surface area contributed by atoms with E-state index in [0.29, 0.717) is 5.69 Å². The quantitative estimate of drug-likeness (QED) is 0.546. The van der Waals surface area contributed by atoms with Crippen LogP contribution >= 0.6 is 0 Å². The fourth-order valence-electron chi connectivity index (χ4n) is 3.14. The first-order chi connectivity index (χ1) is 12.5. The van der Waals surface area contributed by atoms with Crippen molar-refractivity contribution in [3.05, 3.63) is 53.6 Å². The van der Waals surface area contributed by atoms with E-state index < -0.39 is 11.7 Å². The summed E-state index contributed by atoms with van der Waals surface area (Å²) in [5, 5.41) is 8.25. The molecule has 138 valence electrons. The van der Waals surface area contributed by atoms with E-state index in [4.69, 9.17) is 0 Å². The van der Waals surface area contributed by atoms with Crippen molar-refractivity contribution in [1.29, 1.82) is 0 Å². The lowest BCUT2D eigenvalue weighted by Crippen LogP contribution is -2.30. The van der Waals surface area contributed by atoms with Crippen molar-refractivity contribution in [3.8, 4) is 0 Å². The van der Waals surface area contributed by atoms with E-state index in [9.17, 15) is 13.2 Å². The van der Waals surface area contributed by atoms with Gasteiger partial charge in [-0.3, -0.25) is 0 Å². The van der Waals surface area contributed by atoms with Crippen LogP contribution in [0, 0.1) is 0 Å². The maximum absolute atomic E-state index is 12.6. The van der Waals surface area contributed by atoms with Crippen LogP contribution in [0.3, 0.4) is 0 Å². The Hall–Kier alpha value is -2.37. The summed E-state index contributed by atoms with van der Waals surface area (Å²) in [7, 11) is 0. The number of rotatable bonds is 5. The molecule has 26 heavy (non-hydrogen) atoms. The summed E-state index contributed by atoms with van der Waals surface area (Å²) in [6.45, 7) is 4.34. The third-order valence-corrected chi connectivity index (χ3v) is 4.54. The Bertz CT molecular complexity index is 767. The van der Waals surface area contributed by atoms with Gasteiger partial charge in [0, 0.05) is 18.8 Å². The first-order valence-electron chi connectivity index (χ1n) is 8.94. The number of hydrogen-bond acceptors (Lipinski definition) is 3. The Morgan fingerprint density at radius 3 is 2.38 bits per heavy atom. The maximum Gasteiger partial charge on any atom is 0.416 e. The molecule has 6 heteroatoms. The molecule has 0 spiro atoms. The highest BCUT2D eigenvalue weighted by Gasteiger charge is 2.29. The molecule has 0 radical (unpaired) electrons. The number of azo groups is 1. The summed E-state index contributed by atoms with van der Waals surface area (Å²) in [6.07, 6.45) is 0.149. The monoisotopic (exact) mass is 361 g/mol. The van der Waals surface area contributed by atoms with Crippen LogP contribution in [0.15, 0.2) is 52.7 Å². The second kappa shape index (κ2) is 7.89. The lowest BCUT2D eigenvalue weighted by Gasteiger charge is -2.31. The number of benzene rings is 2. The van der Waals surface area contributed by atoms with Crippen molar-refractivity contribution >= 4 is 17.1 Å². The summed E-state index contributed by atoms with van der Waals surface area (Å²) < 4.78 is 37.7. The second-order valence-electron chi connectivity index (χ2n) is 6.50. The Labute approximate surface area is 151 Å². The first kappa shape index (κ1) is 18.4. The van der Waals surface area contributed by atoms with E-state index in [1.807, 2.05) is 12.1 Å². The third-order valence-electron chi connectivity index (χ3n) is 4.54. The highest BCUT2D eigenvalue weighted by atomic mass is 19.4. The number of alkyl halides is 3. The van der Waals surface area contributed by atoms with Crippen LogP contribution < -0.4 is 4.90 Å². The summed E-state index contributed by atoms with van der Waals surface area (Å²) >= 11 is 0. The average molecular weight is 361 g/mol. The van der Waals surface area contributed by atoms with E-state index in [2.05, 4.69) is 28.1 Å². The van der Waals surface area contributed by atoms with Crippen LogP contribution in [0.5, 0.6) is 0 Å². The van der Waals surface area contributed by atoms with Gasteiger partial charge >= 0.3 is 6.18 Å². The smallest absolute Gasteiger partial charge is 0.371 e. The van der Waals surface area contributed by atoms with Gasteiger partial charge in [-0.15, -0.1) is 0 Å². The van der Waals surface area contributed by atoms with Gasteiger partial charge in [0.1, 0.15) is 0 Å². The molecular formula is C20H22F3N3. The van der Waals surface area contributed by atoms with Crippen LogP contribution in [-0.2, 0) is 12.6 Å². The molecule has 0 aromatic heterocycles. The van der Waals surface area contributed by atoms with Gasteiger partial charge in [-0.1, -0.05) is 13.3 Å². The molecule has 1 aliphatic heterocycles. The second-order valence-corrected chi connectivity index (χ2v) is 6.50. The molecule has 0 bridgehead atoms. The molecule has 0 fully saturated rings. The van der Waals surface area contributed by atoms with Crippen LogP contribution in [0.25, 0.3) is 0 Å². The van der Waals surface area contributed by atoms with E-state index in [-0.39, 0.29) is 0 Å². The summed E-state index contributed by atoms with van der Waals surface area (Å²) in [4.78, 5) is 2.42. The van der Waals surface area contributed by atoms with Gasteiger partial charge < -0.3 is 4.90 Å². The fraction of sp³-hybridized carbons (Fsp3) is 0.400. The Kier molecular flexibility index (Phi) is 5.59. The largest absolute Gasteiger partial charge is 0.416 e. The van der Waals surface area contributed by atoms with Crippen LogP contribution in [0.2, 0.25) is 0 Å². The van der Waals surface area contributed by atoms with Crippen molar-refractivity contribution < 1.29 is 13.2 Å². The molecule has 2 aromatic carbocycles. The van der Waals surface area contributed by atoms with Gasteiger partial charge in [0.15, 0.2) is 0 Å². The minimum Gasteiger partial charge on any atom is -0.371 e. The molecule has 3 rings (SSSR count). The number of unbranched alkanes of at least 4 members (excludes halogenated alkanes) is 1. The Balaban J connectivity index is 1.73. The Morgan fingerprint density at radius 1 is 1.00 bits per heavy atom. The van der Waals surface area contributed by atoms with Crippen molar-refractivity contribution in [2.75, 3.05) is 18.0 Å². The predicted molar refractivity (Wildman–Crippen MR) is 97.5 cm³/mol. The van der Waals surface area contributed by atoms with Gasteiger partial charge in [0.05, 0.1) is 16.9 Å². The van der Waals surface area contributed by atoms with Crippen LogP contribution in [0.4, 0.5) is 30.2 Å². The molecule has 0 saturated heterocycles. The average Bonchev–Trinajstić information content (AvgIpc) is 2.64. The van der Waals surface area contributed by atoms with E-state index >= 15 is 0 Å². The van der Waals surface area contributed by atoms with Crippen molar-refractivity contribution in [2.24, 2.45) is 10.2 Å².